The molecule has 1 aromatic heterocycles. The van der Waals surface area contributed by atoms with Crippen molar-refractivity contribution in [3.63, 3.8) is 0 Å². The predicted octanol–water partition coefficient (Wildman–Crippen LogP) is 2.40. The molecule has 0 spiro atoms. The van der Waals surface area contributed by atoms with Crippen LogP contribution in [-0.2, 0) is 0 Å². The zero-order valence-corrected chi connectivity index (χ0v) is 10.8. The average molecular weight is 349 g/mol. The van der Waals surface area contributed by atoms with Gasteiger partial charge in [-0.25, -0.2) is 0 Å². The van der Waals surface area contributed by atoms with Gasteiger partial charge in [0.05, 0.1) is 0 Å². The topological polar surface area (TPSA) is 66.0 Å². The Kier molecular flexibility index (Phi) is 3.15. The van der Waals surface area contributed by atoms with Crippen LogP contribution < -0.4 is 5.56 Å². The van der Waals surface area contributed by atoms with Crippen LogP contribution in [0.4, 0.5) is 0 Å². The molecule has 0 atom stereocenters. The Morgan fingerprint density at radius 2 is 1.94 bits per heavy atom. The highest BCUT2D eigenvalue weighted by atomic mass is 127. The molecule has 82 valence electrons. The lowest BCUT2D eigenvalue weighted by molar-refractivity contribution is 0.447. The van der Waals surface area contributed by atoms with Gasteiger partial charge in [-0.15, -0.1) is 0 Å². The normalized spacial score (nSPS) is 10.4. The van der Waals surface area contributed by atoms with Gasteiger partial charge in [-0.3, -0.25) is 4.79 Å². The Balaban J connectivity index is 2.57. The third-order valence-corrected chi connectivity index (χ3v) is 3.19. The first-order valence-corrected chi connectivity index (χ1v) is 5.78. The van der Waals surface area contributed by atoms with Crippen molar-refractivity contribution in [2.75, 3.05) is 0 Å². The number of halogens is 2. The van der Waals surface area contributed by atoms with E-state index in [1.165, 1.54) is 0 Å². The summed E-state index contributed by atoms with van der Waals surface area (Å²) in [7, 11) is 0. The quantitative estimate of drug-likeness (QED) is 0.778. The van der Waals surface area contributed by atoms with Crippen LogP contribution in [0, 0.1) is 3.57 Å². The Hall–Kier alpha value is -1.08. The van der Waals surface area contributed by atoms with Gasteiger partial charge in [-0.2, -0.15) is 4.98 Å². The molecule has 0 aliphatic carbocycles. The lowest BCUT2D eigenvalue weighted by Gasteiger charge is -2.02. The highest BCUT2D eigenvalue weighted by Gasteiger charge is 2.08. The molecule has 0 aliphatic rings. The van der Waals surface area contributed by atoms with Crippen molar-refractivity contribution in [2.24, 2.45) is 0 Å². The van der Waals surface area contributed by atoms with Crippen LogP contribution in [-0.4, -0.2) is 15.1 Å². The van der Waals surface area contributed by atoms with Crippen LogP contribution in [0.25, 0.3) is 11.4 Å². The summed E-state index contributed by atoms with van der Waals surface area (Å²) in [5.41, 5.74) is 0.325. The van der Waals surface area contributed by atoms with Gasteiger partial charge < -0.3 is 10.1 Å². The maximum atomic E-state index is 11.4. The average Bonchev–Trinajstić information content (AvgIpc) is 2.26. The van der Waals surface area contributed by atoms with E-state index in [9.17, 15) is 9.90 Å². The van der Waals surface area contributed by atoms with Gasteiger partial charge in [0.2, 0.25) is 5.88 Å². The molecule has 0 aliphatic heterocycles. The number of aromatic hydroxyl groups is 1. The van der Waals surface area contributed by atoms with Crippen LogP contribution in [0.1, 0.15) is 0 Å². The molecule has 0 bridgehead atoms. The standard InChI is InChI=1S/C10H6ClIN2O2/c11-6-3-1-5(2-4-6)8-13-9(15)7(12)10(16)14-8/h1-4H,(H2,13,14,15,16). The van der Waals surface area contributed by atoms with Crippen LogP contribution in [0.2, 0.25) is 5.02 Å². The van der Waals surface area contributed by atoms with Crippen molar-refractivity contribution in [1.29, 1.82) is 0 Å². The van der Waals surface area contributed by atoms with Crippen molar-refractivity contribution in [2.45, 2.75) is 0 Å². The van der Waals surface area contributed by atoms with Gasteiger partial charge in [0.1, 0.15) is 9.39 Å². The van der Waals surface area contributed by atoms with E-state index in [4.69, 9.17) is 11.6 Å². The zero-order valence-electron chi connectivity index (χ0n) is 7.87. The highest BCUT2D eigenvalue weighted by Crippen LogP contribution is 2.20. The number of aromatic amines is 1. The van der Waals surface area contributed by atoms with E-state index < -0.39 is 0 Å². The van der Waals surface area contributed by atoms with Gasteiger partial charge in [-0.05, 0) is 46.9 Å². The number of hydrogen-bond acceptors (Lipinski definition) is 3. The molecule has 0 saturated carbocycles. The van der Waals surface area contributed by atoms with E-state index >= 15 is 0 Å². The molecule has 2 N–H and O–H groups in total. The van der Waals surface area contributed by atoms with E-state index in [2.05, 4.69) is 9.97 Å². The number of benzene rings is 1. The number of nitrogens with one attached hydrogen (secondary N) is 1. The summed E-state index contributed by atoms with van der Waals surface area (Å²) >= 11 is 7.48. The van der Waals surface area contributed by atoms with E-state index in [1.54, 1.807) is 46.9 Å². The Morgan fingerprint density at radius 3 is 2.50 bits per heavy atom. The van der Waals surface area contributed by atoms with Gasteiger partial charge >= 0.3 is 0 Å². The minimum absolute atomic E-state index is 0.176. The van der Waals surface area contributed by atoms with E-state index in [-0.39, 0.29) is 15.0 Å². The lowest BCUT2D eigenvalue weighted by Crippen LogP contribution is -2.12. The fraction of sp³-hybridized carbons (Fsp3) is 0. The fourth-order valence-corrected chi connectivity index (χ4v) is 1.57. The smallest absolute Gasteiger partial charge is 0.268 e. The molecule has 0 saturated heterocycles. The number of nitrogens with zero attached hydrogens (tertiary/aromatic N) is 1. The van der Waals surface area contributed by atoms with Crippen molar-refractivity contribution in [3.8, 4) is 17.3 Å². The molecule has 0 radical (unpaired) electrons. The van der Waals surface area contributed by atoms with Gasteiger partial charge in [0.15, 0.2) is 0 Å². The third-order valence-electron chi connectivity index (χ3n) is 1.96. The Morgan fingerprint density at radius 1 is 1.31 bits per heavy atom. The second kappa shape index (κ2) is 4.42. The highest BCUT2D eigenvalue weighted by molar-refractivity contribution is 14.1. The first-order chi connectivity index (χ1) is 7.58. The van der Waals surface area contributed by atoms with Crippen LogP contribution >= 0.6 is 34.2 Å². The van der Waals surface area contributed by atoms with Crippen LogP contribution in [0.5, 0.6) is 5.88 Å². The van der Waals surface area contributed by atoms with Crippen LogP contribution in [0.3, 0.4) is 0 Å². The largest absolute Gasteiger partial charge is 0.492 e. The molecule has 0 unspecified atom stereocenters. The number of aromatic nitrogens is 2. The summed E-state index contributed by atoms with van der Waals surface area (Å²) < 4.78 is 0.176. The third kappa shape index (κ3) is 2.19. The van der Waals surface area contributed by atoms with E-state index in [0.29, 0.717) is 16.4 Å². The summed E-state index contributed by atoms with van der Waals surface area (Å²) in [4.78, 5) is 17.9. The molecule has 6 heteroatoms. The lowest BCUT2D eigenvalue weighted by atomic mass is 10.2. The predicted molar refractivity (Wildman–Crippen MR) is 69.7 cm³/mol. The SMILES string of the molecule is O=c1[nH]c(-c2ccc(Cl)cc2)nc(O)c1I. The van der Waals surface area contributed by atoms with Crippen molar-refractivity contribution in [3.05, 3.63) is 43.2 Å². The van der Waals surface area contributed by atoms with E-state index in [0.717, 1.165) is 0 Å². The van der Waals surface area contributed by atoms with Crippen molar-refractivity contribution < 1.29 is 5.11 Å². The maximum Gasteiger partial charge on any atom is 0.268 e. The molecule has 4 nitrogen and oxygen atoms in total. The molecule has 0 amide bonds. The van der Waals surface area contributed by atoms with E-state index in [1.807, 2.05) is 0 Å². The first-order valence-electron chi connectivity index (χ1n) is 4.32. The Bertz CT molecular complexity index is 580. The van der Waals surface area contributed by atoms with Crippen molar-refractivity contribution in [1.82, 2.24) is 9.97 Å². The number of rotatable bonds is 1. The molecular weight excluding hydrogens is 342 g/mol. The monoisotopic (exact) mass is 348 g/mol. The molecule has 1 heterocycles. The zero-order chi connectivity index (χ0) is 11.7. The Labute approximate surface area is 109 Å². The minimum Gasteiger partial charge on any atom is -0.492 e. The second-order valence-corrected chi connectivity index (χ2v) is 4.57. The summed E-state index contributed by atoms with van der Waals surface area (Å²) in [5, 5.41) is 10.0. The summed E-state index contributed by atoms with van der Waals surface area (Å²) in [5.74, 6) is 0.0499. The molecular formula is C10H6ClIN2O2. The van der Waals surface area contributed by atoms with Gasteiger partial charge in [0.25, 0.3) is 5.56 Å². The molecule has 2 rings (SSSR count). The maximum absolute atomic E-state index is 11.4. The second-order valence-electron chi connectivity index (χ2n) is 3.06. The number of hydrogen-bond donors (Lipinski definition) is 2. The summed E-state index contributed by atoms with van der Waals surface area (Å²) in [6.45, 7) is 0. The molecule has 16 heavy (non-hydrogen) atoms. The van der Waals surface area contributed by atoms with Crippen molar-refractivity contribution >= 4 is 34.2 Å². The van der Waals surface area contributed by atoms with Crippen LogP contribution in [0.15, 0.2) is 29.1 Å². The molecule has 0 fully saturated rings. The minimum atomic E-state index is -0.363. The number of H-pyrrole nitrogens is 1. The molecule has 1 aromatic carbocycles. The van der Waals surface area contributed by atoms with Gasteiger partial charge in [-0.1, -0.05) is 11.6 Å². The summed E-state index contributed by atoms with van der Waals surface area (Å²) in [6, 6.07) is 6.80. The first kappa shape index (κ1) is 11.4. The molecule has 2 aromatic rings. The summed E-state index contributed by atoms with van der Waals surface area (Å²) in [6.07, 6.45) is 0. The van der Waals surface area contributed by atoms with Gasteiger partial charge in [0, 0.05) is 10.6 Å². The fourth-order valence-electron chi connectivity index (χ4n) is 1.19.